The Morgan fingerprint density at radius 1 is 1.00 bits per heavy atom. The Kier molecular flexibility index (Phi) is 7.83. The summed E-state index contributed by atoms with van der Waals surface area (Å²) in [6.07, 6.45) is 4.78. The average Bonchev–Trinajstić information content (AvgIpc) is 2.15. The number of nitrogens with two attached hydrogens (primary N) is 1. The quantitative estimate of drug-likeness (QED) is 0.457. The van der Waals surface area contributed by atoms with Crippen LogP contribution in [-0.2, 0) is 14.4 Å². The van der Waals surface area contributed by atoms with Crippen LogP contribution < -0.4 is 5.90 Å². The van der Waals surface area contributed by atoms with E-state index in [0.717, 1.165) is 25.7 Å². The maximum atomic E-state index is 10.6. The summed E-state index contributed by atoms with van der Waals surface area (Å²) in [7, 11) is 0. The van der Waals surface area contributed by atoms with Crippen LogP contribution in [0.5, 0.6) is 0 Å². The lowest BCUT2D eigenvalue weighted by molar-refractivity contribution is -0.144. The summed E-state index contributed by atoms with van der Waals surface area (Å²) in [5.41, 5.74) is 0. The van der Waals surface area contributed by atoms with Gasteiger partial charge in [0.05, 0.1) is 0 Å². The third-order valence-corrected chi connectivity index (χ3v) is 1.90. The van der Waals surface area contributed by atoms with Gasteiger partial charge in [0, 0.05) is 12.8 Å². The lowest BCUT2D eigenvalue weighted by Gasteiger charge is -1.99. The fourth-order valence-corrected chi connectivity index (χ4v) is 1.13. The summed E-state index contributed by atoms with van der Waals surface area (Å²) >= 11 is 0. The van der Waals surface area contributed by atoms with Crippen molar-refractivity contribution in [3.8, 4) is 0 Å². The molecule has 0 saturated heterocycles. The SMILES string of the molecule is NOC(=O)CCCCCCCC(=O)O. The van der Waals surface area contributed by atoms with Crippen LogP contribution in [0.15, 0.2) is 0 Å². The van der Waals surface area contributed by atoms with Crippen molar-refractivity contribution in [2.75, 3.05) is 0 Å². The largest absolute Gasteiger partial charge is 0.481 e. The van der Waals surface area contributed by atoms with Gasteiger partial charge in [0.25, 0.3) is 0 Å². The second-order valence-corrected chi connectivity index (χ2v) is 3.15. The Bertz CT molecular complexity index is 182. The Morgan fingerprint density at radius 3 is 2.00 bits per heavy atom. The van der Waals surface area contributed by atoms with Crippen molar-refractivity contribution in [3.05, 3.63) is 0 Å². The van der Waals surface area contributed by atoms with E-state index in [0.29, 0.717) is 12.8 Å². The van der Waals surface area contributed by atoms with Gasteiger partial charge in [-0.05, 0) is 12.8 Å². The molecule has 5 heteroatoms. The maximum Gasteiger partial charge on any atom is 0.324 e. The zero-order chi connectivity index (χ0) is 10.8. The zero-order valence-corrected chi connectivity index (χ0v) is 8.20. The first-order valence-corrected chi connectivity index (χ1v) is 4.78. The number of carbonyl (C=O) groups excluding carboxylic acids is 1. The first kappa shape index (κ1) is 12.9. The zero-order valence-electron chi connectivity index (χ0n) is 8.20. The predicted molar refractivity (Wildman–Crippen MR) is 50.2 cm³/mol. The van der Waals surface area contributed by atoms with E-state index in [-0.39, 0.29) is 6.42 Å². The van der Waals surface area contributed by atoms with E-state index in [4.69, 9.17) is 5.11 Å². The second-order valence-electron chi connectivity index (χ2n) is 3.15. The third kappa shape index (κ3) is 8.99. The molecule has 3 N–H and O–H groups in total. The molecule has 5 nitrogen and oxygen atoms in total. The highest BCUT2D eigenvalue weighted by Crippen LogP contribution is 2.07. The number of rotatable bonds is 8. The first-order chi connectivity index (χ1) is 6.66. The lowest BCUT2D eigenvalue weighted by atomic mass is 10.1. The molecule has 0 heterocycles. The fraction of sp³-hybridized carbons (Fsp3) is 0.778. The van der Waals surface area contributed by atoms with E-state index in [9.17, 15) is 9.59 Å². The van der Waals surface area contributed by atoms with E-state index in [1.807, 2.05) is 0 Å². The molecule has 0 unspecified atom stereocenters. The highest BCUT2D eigenvalue weighted by Gasteiger charge is 2.00. The van der Waals surface area contributed by atoms with Crippen LogP contribution in [0, 0.1) is 0 Å². The van der Waals surface area contributed by atoms with Gasteiger partial charge in [-0.2, -0.15) is 5.90 Å². The van der Waals surface area contributed by atoms with E-state index >= 15 is 0 Å². The smallest absolute Gasteiger partial charge is 0.324 e. The normalized spacial score (nSPS) is 9.79. The molecular formula is C9H17NO4. The van der Waals surface area contributed by atoms with E-state index < -0.39 is 11.9 Å². The van der Waals surface area contributed by atoms with Crippen molar-refractivity contribution in [1.29, 1.82) is 0 Å². The topological polar surface area (TPSA) is 89.6 Å². The number of carboxylic acids is 1. The van der Waals surface area contributed by atoms with Crippen LogP contribution >= 0.6 is 0 Å². The van der Waals surface area contributed by atoms with Crippen molar-refractivity contribution < 1.29 is 19.5 Å². The van der Waals surface area contributed by atoms with E-state index in [2.05, 4.69) is 10.7 Å². The van der Waals surface area contributed by atoms with Crippen molar-refractivity contribution in [3.63, 3.8) is 0 Å². The van der Waals surface area contributed by atoms with Crippen LogP contribution in [0.3, 0.4) is 0 Å². The van der Waals surface area contributed by atoms with Crippen molar-refractivity contribution in [2.45, 2.75) is 44.9 Å². The molecule has 14 heavy (non-hydrogen) atoms. The monoisotopic (exact) mass is 203 g/mol. The Labute approximate surface area is 83.2 Å². The molecule has 0 aliphatic carbocycles. The van der Waals surface area contributed by atoms with Gasteiger partial charge >= 0.3 is 11.9 Å². The molecule has 0 saturated carbocycles. The van der Waals surface area contributed by atoms with Gasteiger partial charge in [0.2, 0.25) is 0 Å². The van der Waals surface area contributed by atoms with Gasteiger partial charge in [0.15, 0.2) is 0 Å². The van der Waals surface area contributed by atoms with Gasteiger partial charge in [-0.3, -0.25) is 9.59 Å². The molecular weight excluding hydrogens is 186 g/mol. The summed E-state index contributed by atoms with van der Waals surface area (Å²) in [6, 6.07) is 0. The van der Waals surface area contributed by atoms with Gasteiger partial charge in [-0.15, -0.1) is 0 Å². The molecule has 0 bridgehead atoms. The summed E-state index contributed by atoms with van der Waals surface area (Å²) in [4.78, 5) is 24.7. The number of unbranched alkanes of at least 4 members (excludes halogenated alkanes) is 4. The van der Waals surface area contributed by atoms with Gasteiger partial charge in [-0.25, -0.2) is 0 Å². The van der Waals surface area contributed by atoms with Crippen LogP contribution in [0.1, 0.15) is 44.9 Å². The minimum atomic E-state index is -0.753. The number of aliphatic carboxylic acids is 1. The van der Waals surface area contributed by atoms with Crippen LogP contribution in [0.4, 0.5) is 0 Å². The van der Waals surface area contributed by atoms with Crippen molar-refractivity contribution in [2.24, 2.45) is 5.90 Å². The Hall–Kier alpha value is -1.10. The first-order valence-electron chi connectivity index (χ1n) is 4.78. The van der Waals surface area contributed by atoms with Gasteiger partial charge < -0.3 is 9.94 Å². The third-order valence-electron chi connectivity index (χ3n) is 1.90. The number of hydrogen-bond acceptors (Lipinski definition) is 4. The highest BCUT2D eigenvalue weighted by molar-refractivity contribution is 5.68. The maximum absolute atomic E-state index is 10.6. The highest BCUT2D eigenvalue weighted by atomic mass is 16.7. The van der Waals surface area contributed by atoms with Gasteiger partial charge in [-0.1, -0.05) is 19.3 Å². The molecule has 0 fully saturated rings. The molecule has 0 radical (unpaired) electrons. The van der Waals surface area contributed by atoms with Crippen molar-refractivity contribution >= 4 is 11.9 Å². The Morgan fingerprint density at radius 2 is 1.50 bits per heavy atom. The minimum absolute atomic E-state index is 0.227. The van der Waals surface area contributed by atoms with E-state index in [1.54, 1.807) is 0 Å². The molecule has 0 aliphatic rings. The summed E-state index contributed by atoms with van der Waals surface area (Å²) in [5, 5.41) is 8.35. The molecule has 0 aromatic heterocycles. The standard InChI is InChI=1S/C9H17NO4/c10-14-9(13)7-5-3-1-2-4-6-8(11)12/h1-7,10H2,(H,11,12). The molecule has 0 aromatic rings. The Balaban J connectivity index is 3.06. The molecule has 0 aromatic carbocycles. The molecule has 0 atom stereocenters. The summed E-state index contributed by atoms with van der Waals surface area (Å²) < 4.78 is 0. The molecule has 82 valence electrons. The number of carboxylic acid groups (broad SMARTS) is 1. The summed E-state index contributed by atoms with van der Waals surface area (Å²) in [5.74, 6) is 3.51. The van der Waals surface area contributed by atoms with Crippen molar-refractivity contribution in [1.82, 2.24) is 0 Å². The predicted octanol–water partition coefficient (Wildman–Crippen LogP) is 1.22. The van der Waals surface area contributed by atoms with E-state index in [1.165, 1.54) is 0 Å². The molecule has 0 rings (SSSR count). The van der Waals surface area contributed by atoms with Crippen LogP contribution in [0.2, 0.25) is 0 Å². The lowest BCUT2D eigenvalue weighted by Crippen LogP contribution is -2.08. The van der Waals surface area contributed by atoms with Crippen LogP contribution in [-0.4, -0.2) is 17.0 Å². The molecule has 0 amide bonds. The van der Waals surface area contributed by atoms with Gasteiger partial charge in [0.1, 0.15) is 0 Å². The second kappa shape index (κ2) is 8.50. The fourth-order valence-electron chi connectivity index (χ4n) is 1.13. The van der Waals surface area contributed by atoms with Crippen LogP contribution in [0.25, 0.3) is 0 Å². The summed E-state index contributed by atoms with van der Waals surface area (Å²) in [6.45, 7) is 0. The molecule has 0 spiro atoms. The minimum Gasteiger partial charge on any atom is -0.481 e. The number of carbonyl (C=O) groups is 2. The molecule has 0 aliphatic heterocycles. The average molecular weight is 203 g/mol. The number of hydrogen-bond donors (Lipinski definition) is 2.